The van der Waals surface area contributed by atoms with Gasteiger partial charge in [-0.25, -0.2) is 5.43 Å². The van der Waals surface area contributed by atoms with Gasteiger partial charge < -0.3 is 10.2 Å². The molecule has 5 nitrogen and oxygen atoms in total. The molecule has 0 saturated carbocycles. The molecule has 114 valence electrons. The first-order valence-corrected chi connectivity index (χ1v) is 7.66. The summed E-state index contributed by atoms with van der Waals surface area (Å²) < 4.78 is 0. The van der Waals surface area contributed by atoms with Crippen molar-refractivity contribution in [3.05, 3.63) is 0 Å². The maximum atomic E-state index is 11.8. The normalized spacial score (nSPS) is 30.8. The molecule has 0 radical (unpaired) electrons. The summed E-state index contributed by atoms with van der Waals surface area (Å²) in [7, 11) is 0. The number of carbonyl (C=O) groups is 1. The highest BCUT2D eigenvalue weighted by Crippen LogP contribution is 2.22. The summed E-state index contributed by atoms with van der Waals surface area (Å²) in [6.07, 6.45) is 7.09. The summed E-state index contributed by atoms with van der Waals surface area (Å²) in [4.78, 5) is 14.3. The third-order valence-electron chi connectivity index (χ3n) is 4.60. The Kier molecular flexibility index (Phi) is 5.81. The second-order valence-corrected chi connectivity index (χ2v) is 5.91. The number of carbonyl (C=O) groups excluding carboxylic acids is 1. The van der Waals surface area contributed by atoms with Crippen LogP contribution < -0.4 is 10.7 Å². The lowest BCUT2D eigenvalue weighted by molar-refractivity contribution is -0.126. The number of hydrazone groups is 1. The van der Waals surface area contributed by atoms with Gasteiger partial charge in [-0.1, -0.05) is 6.42 Å². The van der Waals surface area contributed by atoms with Crippen LogP contribution in [-0.4, -0.2) is 48.7 Å². The number of amides is 1. The number of halogens is 1. The van der Waals surface area contributed by atoms with E-state index in [1.165, 1.54) is 32.4 Å². The SMILES string of the molecule is Cl.O=C1NN=C(CCN2CCCCC2)C2NCCCC12. The number of rotatable bonds is 3. The molecule has 2 fully saturated rings. The van der Waals surface area contributed by atoms with Gasteiger partial charge in [-0.3, -0.25) is 4.79 Å². The lowest BCUT2D eigenvalue weighted by Gasteiger charge is -2.36. The van der Waals surface area contributed by atoms with Crippen LogP contribution in [0, 0.1) is 5.92 Å². The lowest BCUT2D eigenvalue weighted by atomic mass is 9.85. The van der Waals surface area contributed by atoms with Gasteiger partial charge in [-0.05, 0) is 45.3 Å². The van der Waals surface area contributed by atoms with Crippen LogP contribution in [0.2, 0.25) is 0 Å². The van der Waals surface area contributed by atoms with Crippen molar-refractivity contribution in [3.63, 3.8) is 0 Å². The summed E-state index contributed by atoms with van der Waals surface area (Å²) in [5, 5.41) is 7.79. The van der Waals surface area contributed by atoms with Crippen LogP contribution in [0.5, 0.6) is 0 Å². The minimum atomic E-state index is 0. The zero-order valence-corrected chi connectivity index (χ0v) is 12.8. The number of hydrogen-bond acceptors (Lipinski definition) is 4. The molecule has 2 unspecified atom stereocenters. The van der Waals surface area contributed by atoms with Crippen molar-refractivity contribution >= 4 is 24.0 Å². The van der Waals surface area contributed by atoms with Crippen molar-refractivity contribution in [3.8, 4) is 0 Å². The van der Waals surface area contributed by atoms with E-state index in [2.05, 4.69) is 20.7 Å². The molecule has 0 aromatic heterocycles. The fraction of sp³-hybridized carbons (Fsp3) is 0.857. The average molecular weight is 301 g/mol. The minimum Gasteiger partial charge on any atom is -0.308 e. The molecule has 0 aliphatic carbocycles. The Balaban J connectivity index is 0.00000147. The van der Waals surface area contributed by atoms with Crippen molar-refractivity contribution < 1.29 is 4.79 Å². The van der Waals surface area contributed by atoms with Crippen LogP contribution in [0.1, 0.15) is 38.5 Å². The van der Waals surface area contributed by atoms with Crippen molar-refractivity contribution in [1.82, 2.24) is 15.6 Å². The number of fused-ring (bicyclic) bond motifs is 1. The van der Waals surface area contributed by atoms with E-state index in [0.717, 1.165) is 38.1 Å². The molecule has 0 aromatic rings. The predicted molar refractivity (Wildman–Crippen MR) is 82.2 cm³/mol. The molecule has 2 saturated heterocycles. The molecule has 3 heterocycles. The fourth-order valence-corrected chi connectivity index (χ4v) is 3.47. The van der Waals surface area contributed by atoms with Gasteiger partial charge in [0, 0.05) is 13.0 Å². The molecule has 2 atom stereocenters. The molecule has 6 heteroatoms. The van der Waals surface area contributed by atoms with Crippen molar-refractivity contribution in [2.75, 3.05) is 26.2 Å². The molecular formula is C14H25ClN4O. The number of piperidine rings is 2. The zero-order valence-electron chi connectivity index (χ0n) is 11.9. The van der Waals surface area contributed by atoms with Gasteiger partial charge in [0.25, 0.3) is 0 Å². The van der Waals surface area contributed by atoms with Crippen LogP contribution in [0.15, 0.2) is 5.10 Å². The first kappa shape index (κ1) is 15.7. The van der Waals surface area contributed by atoms with Crippen LogP contribution in [0.3, 0.4) is 0 Å². The highest BCUT2D eigenvalue weighted by molar-refractivity contribution is 5.98. The Bertz CT molecular complexity index is 368. The lowest BCUT2D eigenvalue weighted by Crippen LogP contribution is -2.55. The summed E-state index contributed by atoms with van der Waals surface area (Å²) in [5.74, 6) is 0.196. The third kappa shape index (κ3) is 3.51. The summed E-state index contributed by atoms with van der Waals surface area (Å²) in [5.41, 5.74) is 3.86. The zero-order chi connectivity index (χ0) is 13.1. The highest BCUT2D eigenvalue weighted by Gasteiger charge is 2.36. The molecule has 0 bridgehead atoms. The Morgan fingerprint density at radius 2 is 2.00 bits per heavy atom. The van der Waals surface area contributed by atoms with Gasteiger partial charge in [0.2, 0.25) is 5.91 Å². The van der Waals surface area contributed by atoms with E-state index >= 15 is 0 Å². The second kappa shape index (κ2) is 7.38. The second-order valence-electron chi connectivity index (χ2n) is 5.91. The summed E-state index contributed by atoms with van der Waals surface area (Å²) >= 11 is 0. The van der Waals surface area contributed by atoms with E-state index in [1.807, 2.05) is 0 Å². The maximum Gasteiger partial charge on any atom is 0.245 e. The molecule has 3 rings (SSSR count). The van der Waals surface area contributed by atoms with Gasteiger partial charge in [-0.15, -0.1) is 12.4 Å². The molecule has 3 aliphatic heterocycles. The van der Waals surface area contributed by atoms with E-state index in [9.17, 15) is 4.79 Å². The van der Waals surface area contributed by atoms with Gasteiger partial charge in [0.15, 0.2) is 0 Å². The first-order valence-electron chi connectivity index (χ1n) is 7.66. The van der Waals surface area contributed by atoms with E-state index < -0.39 is 0 Å². The van der Waals surface area contributed by atoms with Gasteiger partial charge in [0.1, 0.15) is 0 Å². The number of nitrogens with zero attached hydrogens (tertiary/aromatic N) is 2. The highest BCUT2D eigenvalue weighted by atomic mass is 35.5. The Hall–Kier alpha value is -0.650. The fourth-order valence-electron chi connectivity index (χ4n) is 3.47. The van der Waals surface area contributed by atoms with Crippen LogP contribution in [-0.2, 0) is 4.79 Å². The van der Waals surface area contributed by atoms with Gasteiger partial charge in [-0.2, -0.15) is 5.10 Å². The average Bonchev–Trinajstić information content (AvgIpc) is 2.48. The molecule has 2 N–H and O–H groups in total. The van der Waals surface area contributed by atoms with Crippen LogP contribution in [0.25, 0.3) is 0 Å². The largest absolute Gasteiger partial charge is 0.308 e. The van der Waals surface area contributed by atoms with E-state index in [1.54, 1.807) is 0 Å². The smallest absolute Gasteiger partial charge is 0.245 e. The van der Waals surface area contributed by atoms with Gasteiger partial charge >= 0.3 is 0 Å². The quantitative estimate of drug-likeness (QED) is 0.822. The summed E-state index contributed by atoms with van der Waals surface area (Å²) in [6, 6.07) is 0.187. The summed E-state index contributed by atoms with van der Waals surface area (Å²) in [6.45, 7) is 4.54. The van der Waals surface area contributed by atoms with Crippen LogP contribution in [0.4, 0.5) is 0 Å². The standard InChI is InChI=1S/C14H24N4O.ClH/c19-14-11-5-4-7-15-13(11)12(16-17-14)6-10-18-8-2-1-3-9-18;/h11,13,15H,1-10H2,(H,17,19);1H. The van der Waals surface area contributed by atoms with E-state index in [0.29, 0.717) is 0 Å². The Morgan fingerprint density at radius 1 is 1.20 bits per heavy atom. The Labute approximate surface area is 127 Å². The molecule has 3 aliphatic rings. The number of nitrogens with one attached hydrogen (secondary N) is 2. The molecule has 20 heavy (non-hydrogen) atoms. The molecular weight excluding hydrogens is 276 g/mol. The predicted octanol–water partition coefficient (Wildman–Crippen LogP) is 1.14. The Morgan fingerprint density at radius 3 is 2.80 bits per heavy atom. The van der Waals surface area contributed by atoms with E-state index in [-0.39, 0.29) is 30.3 Å². The number of hydrogen-bond donors (Lipinski definition) is 2. The maximum absolute atomic E-state index is 11.8. The topological polar surface area (TPSA) is 56.7 Å². The monoisotopic (exact) mass is 300 g/mol. The van der Waals surface area contributed by atoms with Crippen molar-refractivity contribution in [2.24, 2.45) is 11.0 Å². The van der Waals surface area contributed by atoms with Crippen molar-refractivity contribution in [2.45, 2.75) is 44.6 Å². The van der Waals surface area contributed by atoms with Crippen molar-refractivity contribution in [1.29, 1.82) is 0 Å². The van der Waals surface area contributed by atoms with Crippen LogP contribution >= 0.6 is 12.4 Å². The third-order valence-corrected chi connectivity index (χ3v) is 4.60. The molecule has 0 aromatic carbocycles. The molecule has 1 amide bonds. The minimum absolute atomic E-state index is 0. The number of likely N-dealkylation sites (tertiary alicyclic amines) is 1. The first-order chi connectivity index (χ1) is 9.34. The molecule has 0 spiro atoms. The van der Waals surface area contributed by atoms with E-state index in [4.69, 9.17) is 0 Å². The van der Waals surface area contributed by atoms with Gasteiger partial charge in [0.05, 0.1) is 17.7 Å².